The third kappa shape index (κ3) is 4.68. The van der Waals surface area contributed by atoms with Gasteiger partial charge in [-0.05, 0) is 18.4 Å². The number of rotatable bonds is 6. The van der Waals surface area contributed by atoms with Gasteiger partial charge in [0.15, 0.2) is 5.13 Å². The van der Waals surface area contributed by atoms with E-state index in [0.717, 1.165) is 39.1 Å². The van der Waals surface area contributed by atoms with Gasteiger partial charge in [-0.1, -0.05) is 30.3 Å². The van der Waals surface area contributed by atoms with E-state index in [1.807, 2.05) is 6.20 Å². The van der Waals surface area contributed by atoms with Crippen LogP contribution in [-0.2, 0) is 17.7 Å². The van der Waals surface area contributed by atoms with Crippen LogP contribution in [0.4, 0.5) is 5.13 Å². The highest BCUT2D eigenvalue weighted by Crippen LogP contribution is 2.21. The van der Waals surface area contributed by atoms with Gasteiger partial charge in [-0.3, -0.25) is 4.90 Å². The maximum absolute atomic E-state index is 5.74. The minimum absolute atomic E-state index is 0. The molecule has 4 nitrogen and oxygen atoms in total. The monoisotopic (exact) mass is 339 g/mol. The van der Waals surface area contributed by atoms with Crippen molar-refractivity contribution in [3.8, 4) is 0 Å². The molecule has 2 heterocycles. The van der Waals surface area contributed by atoms with E-state index in [0.29, 0.717) is 11.2 Å². The van der Waals surface area contributed by atoms with E-state index in [-0.39, 0.29) is 12.4 Å². The van der Waals surface area contributed by atoms with Crippen LogP contribution >= 0.6 is 23.7 Å². The van der Waals surface area contributed by atoms with Gasteiger partial charge in [0, 0.05) is 36.8 Å². The summed E-state index contributed by atoms with van der Waals surface area (Å²) in [5.41, 5.74) is 7.12. The number of halogens is 1. The SMILES string of the molecule is Cl.Nc1ncc(CN(CCc2ccccc2)C2CCOC2)s1. The Balaban J connectivity index is 0.00000176. The minimum atomic E-state index is 0. The van der Waals surface area contributed by atoms with Gasteiger partial charge >= 0.3 is 0 Å². The van der Waals surface area contributed by atoms with Crippen molar-refractivity contribution in [3.05, 3.63) is 47.0 Å². The maximum atomic E-state index is 5.74. The van der Waals surface area contributed by atoms with Crippen molar-refractivity contribution >= 4 is 28.9 Å². The molecule has 1 saturated heterocycles. The molecule has 1 aliphatic heterocycles. The molecule has 0 aliphatic carbocycles. The predicted molar refractivity (Wildman–Crippen MR) is 93.6 cm³/mol. The molecule has 1 fully saturated rings. The number of thiazole rings is 1. The summed E-state index contributed by atoms with van der Waals surface area (Å²) in [5, 5.41) is 0.649. The Bertz CT molecular complexity index is 558. The van der Waals surface area contributed by atoms with Gasteiger partial charge in [-0.15, -0.1) is 23.7 Å². The average molecular weight is 340 g/mol. The zero-order chi connectivity index (χ0) is 14.5. The number of nitrogens with zero attached hydrogens (tertiary/aromatic N) is 2. The van der Waals surface area contributed by atoms with Crippen LogP contribution in [0.1, 0.15) is 16.9 Å². The van der Waals surface area contributed by atoms with Gasteiger partial charge < -0.3 is 10.5 Å². The molecule has 0 radical (unpaired) electrons. The smallest absolute Gasteiger partial charge is 0.180 e. The molecule has 1 aliphatic rings. The molecule has 1 aromatic heterocycles. The van der Waals surface area contributed by atoms with Gasteiger partial charge in [-0.25, -0.2) is 4.98 Å². The first-order valence-corrected chi connectivity index (χ1v) is 8.19. The Morgan fingerprint density at radius 2 is 2.14 bits per heavy atom. The lowest BCUT2D eigenvalue weighted by molar-refractivity contribution is 0.140. The van der Waals surface area contributed by atoms with Crippen molar-refractivity contribution in [1.82, 2.24) is 9.88 Å². The molecule has 0 bridgehead atoms. The van der Waals surface area contributed by atoms with Crippen LogP contribution < -0.4 is 5.73 Å². The van der Waals surface area contributed by atoms with E-state index in [4.69, 9.17) is 10.5 Å². The van der Waals surface area contributed by atoms with Gasteiger partial charge in [0.1, 0.15) is 0 Å². The summed E-state index contributed by atoms with van der Waals surface area (Å²) in [6.07, 6.45) is 4.07. The lowest BCUT2D eigenvalue weighted by atomic mass is 10.1. The fourth-order valence-corrected chi connectivity index (χ4v) is 3.42. The molecule has 0 saturated carbocycles. The largest absolute Gasteiger partial charge is 0.380 e. The second-order valence-corrected chi connectivity index (χ2v) is 6.54. The normalized spacial score (nSPS) is 17.6. The third-order valence-electron chi connectivity index (χ3n) is 3.88. The Hall–Kier alpha value is -1.14. The van der Waals surface area contributed by atoms with Crippen LogP contribution in [0, 0.1) is 0 Å². The van der Waals surface area contributed by atoms with Gasteiger partial charge in [0.25, 0.3) is 0 Å². The summed E-state index contributed by atoms with van der Waals surface area (Å²) < 4.78 is 5.55. The van der Waals surface area contributed by atoms with E-state index in [2.05, 4.69) is 40.2 Å². The molecular weight excluding hydrogens is 318 g/mol. The molecule has 1 aromatic carbocycles. The molecule has 1 unspecified atom stereocenters. The number of ether oxygens (including phenoxy) is 1. The molecule has 22 heavy (non-hydrogen) atoms. The molecule has 3 rings (SSSR count). The van der Waals surface area contributed by atoms with E-state index >= 15 is 0 Å². The summed E-state index contributed by atoms with van der Waals surface area (Å²) in [6, 6.07) is 11.1. The van der Waals surface area contributed by atoms with Gasteiger partial charge in [0.05, 0.1) is 6.61 Å². The third-order valence-corrected chi connectivity index (χ3v) is 4.69. The summed E-state index contributed by atoms with van der Waals surface area (Å²) in [4.78, 5) is 7.89. The fraction of sp³-hybridized carbons (Fsp3) is 0.438. The Morgan fingerprint density at radius 1 is 1.32 bits per heavy atom. The van der Waals surface area contributed by atoms with Gasteiger partial charge in [0.2, 0.25) is 0 Å². The number of benzene rings is 1. The maximum Gasteiger partial charge on any atom is 0.180 e. The van der Waals surface area contributed by atoms with Crippen molar-refractivity contribution in [3.63, 3.8) is 0 Å². The molecular formula is C16H22ClN3OS. The first-order valence-electron chi connectivity index (χ1n) is 7.37. The number of hydrogen-bond donors (Lipinski definition) is 1. The standard InChI is InChI=1S/C16H21N3OS.ClH/c17-16-18-10-15(21-16)11-19(14-7-9-20-12-14)8-6-13-4-2-1-3-5-13;/h1-5,10,14H,6-9,11-12H2,(H2,17,18);1H. The highest BCUT2D eigenvalue weighted by Gasteiger charge is 2.23. The van der Waals surface area contributed by atoms with Crippen LogP contribution in [0.2, 0.25) is 0 Å². The Morgan fingerprint density at radius 3 is 2.77 bits per heavy atom. The number of nitrogens with two attached hydrogens (primary N) is 1. The van der Waals surface area contributed by atoms with Crippen LogP contribution in [0.5, 0.6) is 0 Å². The average Bonchev–Trinajstić information content (AvgIpc) is 3.16. The van der Waals surface area contributed by atoms with Crippen LogP contribution in [0.3, 0.4) is 0 Å². The number of nitrogen functional groups attached to an aromatic ring is 1. The van der Waals surface area contributed by atoms with Crippen LogP contribution in [0.25, 0.3) is 0 Å². The molecule has 2 aromatic rings. The highest BCUT2D eigenvalue weighted by molar-refractivity contribution is 7.15. The van der Waals surface area contributed by atoms with Crippen molar-refractivity contribution in [1.29, 1.82) is 0 Å². The molecule has 6 heteroatoms. The first-order chi connectivity index (χ1) is 10.3. The van der Waals surface area contributed by atoms with Crippen molar-refractivity contribution in [2.75, 3.05) is 25.5 Å². The summed E-state index contributed by atoms with van der Waals surface area (Å²) in [7, 11) is 0. The Labute approximate surface area is 141 Å². The Kier molecular flexibility index (Phi) is 6.64. The number of aromatic nitrogens is 1. The lowest BCUT2D eigenvalue weighted by Crippen LogP contribution is -2.36. The topological polar surface area (TPSA) is 51.4 Å². The van der Waals surface area contributed by atoms with Crippen LogP contribution in [0.15, 0.2) is 36.5 Å². The summed E-state index contributed by atoms with van der Waals surface area (Å²) in [6.45, 7) is 3.66. The highest BCUT2D eigenvalue weighted by atomic mass is 35.5. The fourth-order valence-electron chi connectivity index (χ4n) is 2.71. The van der Waals surface area contributed by atoms with Crippen molar-refractivity contribution < 1.29 is 4.74 Å². The van der Waals surface area contributed by atoms with Gasteiger partial charge in [-0.2, -0.15) is 0 Å². The zero-order valence-electron chi connectivity index (χ0n) is 12.5. The van der Waals surface area contributed by atoms with E-state index in [1.54, 1.807) is 11.3 Å². The number of anilines is 1. The minimum Gasteiger partial charge on any atom is -0.380 e. The second-order valence-electron chi connectivity index (χ2n) is 5.39. The van der Waals surface area contributed by atoms with Crippen LogP contribution in [-0.4, -0.2) is 35.7 Å². The van der Waals surface area contributed by atoms with E-state index < -0.39 is 0 Å². The zero-order valence-corrected chi connectivity index (χ0v) is 14.1. The second kappa shape index (κ2) is 8.48. The van der Waals surface area contributed by atoms with E-state index in [9.17, 15) is 0 Å². The lowest BCUT2D eigenvalue weighted by Gasteiger charge is -2.27. The number of hydrogen-bond acceptors (Lipinski definition) is 5. The summed E-state index contributed by atoms with van der Waals surface area (Å²) in [5.74, 6) is 0. The van der Waals surface area contributed by atoms with Crippen molar-refractivity contribution in [2.24, 2.45) is 0 Å². The quantitative estimate of drug-likeness (QED) is 0.879. The molecule has 0 amide bonds. The summed E-state index contributed by atoms with van der Waals surface area (Å²) >= 11 is 1.58. The molecule has 120 valence electrons. The van der Waals surface area contributed by atoms with Crippen molar-refractivity contribution in [2.45, 2.75) is 25.4 Å². The predicted octanol–water partition coefficient (Wildman–Crippen LogP) is 2.98. The molecule has 2 N–H and O–H groups in total. The van der Waals surface area contributed by atoms with E-state index in [1.165, 1.54) is 10.4 Å². The first kappa shape index (κ1) is 17.2. The molecule has 1 atom stereocenters. The molecule has 0 spiro atoms.